The van der Waals surface area contributed by atoms with Crippen molar-refractivity contribution in [3.8, 4) is 0 Å². The first-order valence-electron chi connectivity index (χ1n) is 6.21. The van der Waals surface area contributed by atoms with E-state index in [1.54, 1.807) is 12.1 Å². The maximum atomic E-state index is 12.4. The molecule has 0 saturated carbocycles. The normalized spacial score (nSPS) is 11.4. The second-order valence-corrected chi connectivity index (χ2v) is 4.24. The molecule has 0 radical (unpaired) electrons. The lowest BCUT2D eigenvalue weighted by atomic mass is 10.2. The maximum absolute atomic E-state index is 12.4. The van der Waals surface area contributed by atoms with E-state index in [0.29, 0.717) is 5.76 Å². The number of carbonyl (C=O) groups excluding carboxylic acids is 2. The highest BCUT2D eigenvalue weighted by atomic mass is 19.4. The van der Waals surface area contributed by atoms with Crippen molar-refractivity contribution in [1.29, 1.82) is 0 Å². The fraction of sp³-hybridized carbons (Fsp3) is 0.0714. The van der Waals surface area contributed by atoms with E-state index in [4.69, 9.17) is 4.42 Å². The first-order valence-corrected chi connectivity index (χ1v) is 6.21. The quantitative estimate of drug-likeness (QED) is 0.516. The Labute approximate surface area is 128 Å². The third-order valence-corrected chi connectivity index (χ3v) is 2.58. The van der Waals surface area contributed by atoms with Crippen LogP contribution in [0.4, 0.5) is 18.9 Å². The first kappa shape index (κ1) is 16.3. The number of nitrogens with zero attached hydrogens (tertiary/aromatic N) is 1. The van der Waals surface area contributed by atoms with Gasteiger partial charge in [-0.05, 0) is 36.4 Å². The Morgan fingerprint density at radius 2 is 1.78 bits per heavy atom. The van der Waals surface area contributed by atoms with Crippen LogP contribution in [-0.4, -0.2) is 18.0 Å². The van der Waals surface area contributed by atoms with E-state index in [2.05, 4.69) is 10.4 Å². The van der Waals surface area contributed by atoms with Crippen molar-refractivity contribution < 1.29 is 27.2 Å². The Hall–Kier alpha value is -3.10. The molecule has 2 amide bonds. The summed E-state index contributed by atoms with van der Waals surface area (Å²) in [5.74, 6) is -1.78. The van der Waals surface area contributed by atoms with Crippen LogP contribution in [0.1, 0.15) is 11.3 Å². The number of hydrogen-bond donors (Lipinski definition) is 2. The number of anilines is 1. The minimum absolute atomic E-state index is 0.0492. The van der Waals surface area contributed by atoms with Crippen LogP contribution in [0.2, 0.25) is 0 Å². The van der Waals surface area contributed by atoms with Crippen LogP contribution in [0.15, 0.2) is 52.2 Å². The zero-order valence-corrected chi connectivity index (χ0v) is 11.4. The molecule has 1 aromatic heterocycles. The average molecular weight is 325 g/mol. The van der Waals surface area contributed by atoms with E-state index in [-0.39, 0.29) is 5.69 Å². The van der Waals surface area contributed by atoms with Crippen molar-refractivity contribution in [3.63, 3.8) is 0 Å². The van der Waals surface area contributed by atoms with Gasteiger partial charge in [0.1, 0.15) is 5.76 Å². The van der Waals surface area contributed by atoms with Crippen molar-refractivity contribution in [2.45, 2.75) is 6.18 Å². The number of rotatable bonds is 3. The van der Waals surface area contributed by atoms with E-state index < -0.39 is 23.6 Å². The lowest BCUT2D eigenvalue weighted by Crippen LogP contribution is -2.32. The van der Waals surface area contributed by atoms with Gasteiger partial charge in [0.25, 0.3) is 0 Å². The molecule has 0 fully saturated rings. The van der Waals surface area contributed by atoms with Gasteiger partial charge in [-0.2, -0.15) is 18.3 Å². The van der Waals surface area contributed by atoms with Crippen LogP contribution in [0.3, 0.4) is 0 Å². The molecule has 0 aliphatic carbocycles. The van der Waals surface area contributed by atoms with Gasteiger partial charge in [-0.25, -0.2) is 5.43 Å². The van der Waals surface area contributed by atoms with Gasteiger partial charge in [-0.15, -0.1) is 0 Å². The summed E-state index contributed by atoms with van der Waals surface area (Å²) in [6.45, 7) is 0. The molecule has 0 saturated heterocycles. The van der Waals surface area contributed by atoms with Crippen LogP contribution in [0.5, 0.6) is 0 Å². The molecule has 0 aliphatic heterocycles. The van der Waals surface area contributed by atoms with Gasteiger partial charge in [-0.3, -0.25) is 9.59 Å². The first-order chi connectivity index (χ1) is 10.9. The molecule has 2 rings (SSSR count). The van der Waals surface area contributed by atoms with Gasteiger partial charge in [0.05, 0.1) is 18.0 Å². The zero-order valence-electron chi connectivity index (χ0n) is 11.4. The van der Waals surface area contributed by atoms with Crippen molar-refractivity contribution >= 4 is 23.7 Å². The number of furan rings is 1. The van der Waals surface area contributed by atoms with Gasteiger partial charge in [0.15, 0.2) is 0 Å². The Morgan fingerprint density at radius 3 is 2.35 bits per heavy atom. The van der Waals surface area contributed by atoms with Gasteiger partial charge in [0, 0.05) is 5.69 Å². The van der Waals surface area contributed by atoms with Gasteiger partial charge >= 0.3 is 18.0 Å². The molecule has 120 valence electrons. The van der Waals surface area contributed by atoms with Gasteiger partial charge in [-0.1, -0.05) is 0 Å². The Balaban J connectivity index is 1.89. The van der Waals surface area contributed by atoms with E-state index in [1.165, 1.54) is 12.5 Å². The molecule has 9 heteroatoms. The predicted octanol–water partition coefficient (Wildman–Crippen LogP) is 2.39. The smallest absolute Gasteiger partial charge is 0.416 e. The topological polar surface area (TPSA) is 83.7 Å². The highest BCUT2D eigenvalue weighted by Gasteiger charge is 2.30. The van der Waals surface area contributed by atoms with Gasteiger partial charge < -0.3 is 9.73 Å². The Bertz CT molecular complexity index is 707. The Kier molecular flexibility index (Phi) is 4.79. The summed E-state index contributed by atoms with van der Waals surface area (Å²) in [5.41, 5.74) is 1.15. The molecule has 1 heterocycles. The number of nitrogens with one attached hydrogen (secondary N) is 2. The standard InChI is InChI=1S/C14H10F3N3O3/c15-14(16,17)9-3-5-10(6-4-9)19-12(21)13(22)20-18-8-11-2-1-7-23-11/h1-8H,(H,19,21)(H,20,22)/b18-8-. The zero-order chi connectivity index (χ0) is 16.9. The summed E-state index contributed by atoms with van der Waals surface area (Å²) in [4.78, 5) is 23.0. The van der Waals surface area contributed by atoms with Crippen LogP contribution >= 0.6 is 0 Å². The van der Waals surface area contributed by atoms with E-state index >= 15 is 0 Å². The number of carbonyl (C=O) groups is 2. The number of benzene rings is 1. The largest absolute Gasteiger partial charge is 0.463 e. The average Bonchev–Trinajstić information content (AvgIpc) is 3.00. The number of hydrazone groups is 1. The summed E-state index contributed by atoms with van der Waals surface area (Å²) in [7, 11) is 0. The van der Waals surface area contributed by atoms with Crippen LogP contribution < -0.4 is 10.7 Å². The van der Waals surface area contributed by atoms with Gasteiger partial charge in [0.2, 0.25) is 0 Å². The summed E-state index contributed by atoms with van der Waals surface area (Å²) < 4.78 is 42.1. The van der Waals surface area contributed by atoms with Crippen molar-refractivity contribution in [1.82, 2.24) is 5.43 Å². The summed E-state index contributed by atoms with van der Waals surface area (Å²) in [5, 5.41) is 5.64. The highest BCUT2D eigenvalue weighted by molar-refractivity contribution is 6.39. The van der Waals surface area contributed by atoms with Crippen molar-refractivity contribution in [2.75, 3.05) is 5.32 Å². The summed E-state index contributed by atoms with van der Waals surface area (Å²) >= 11 is 0. The lowest BCUT2D eigenvalue weighted by Gasteiger charge is -2.08. The number of halogens is 3. The third kappa shape index (κ3) is 4.70. The molecule has 1 aromatic carbocycles. The molecule has 23 heavy (non-hydrogen) atoms. The fourth-order valence-electron chi connectivity index (χ4n) is 1.50. The van der Waals surface area contributed by atoms with Crippen LogP contribution in [-0.2, 0) is 15.8 Å². The maximum Gasteiger partial charge on any atom is 0.416 e. The van der Waals surface area contributed by atoms with Crippen LogP contribution in [0.25, 0.3) is 0 Å². The van der Waals surface area contributed by atoms with Crippen LogP contribution in [0, 0.1) is 0 Å². The number of hydrogen-bond acceptors (Lipinski definition) is 4. The molecule has 2 aromatic rings. The number of alkyl halides is 3. The summed E-state index contributed by atoms with van der Waals surface area (Å²) in [6, 6.07) is 6.86. The monoisotopic (exact) mass is 325 g/mol. The molecule has 0 bridgehead atoms. The van der Waals surface area contributed by atoms with E-state index in [0.717, 1.165) is 24.3 Å². The molecule has 6 nitrogen and oxygen atoms in total. The molecule has 0 unspecified atom stereocenters. The number of amides is 2. The van der Waals surface area contributed by atoms with E-state index in [1.807, 2.05) is 5.43 Å². The molecule has 2 N–H and O–H groups in total. The lowest BCUT2D eigenvalue weighted by molar-refractivity contribution is -0.137. The third-order valence-electron chi connectivity index (χ3n) is 2.58. The second-order valence-electron chi connectivity index (χ2n) is 4.24. The highest BCUT2D eigenvalue weighted by Crippen LogP contribution is 2.29. The van der Waals surface area contributed by atoms with E-state index in [9.17, 15) is 22.8 Å². The van der Waals surface area contributed by atoms with Crippen molar-refractivity contribution in [2.24, 2.45) is 5.10 Å². The SMILES string of the molecule is O=C(N/N=C\c1ccco1)C(=O)Nc1ccc(C(F)(F)F)cc1. The molecular formula is C14H10F3N3O3. The minimum atomic E-state index is -4.47. The molecule has 0 atom stereocenters. The molecule has 0 spiro atoms. The summed E-state index contributed by atoms with van der Waals surface area (Å²) in [6.07, 6.45) is -1.88. The fourth-order valence-corrected chi connectivity index (χ4v) is 1.50. The Morgan fingerprint density at radius 1 is 1.09 bits per heavy atom. The van der Waals surface area contributed by atoms with Crippen molar-refractivity contribution in [3.05, 3.63) is 54.0 Å². The second kappa shape index (κ2) is 6.77. The minimum Gasteiger partial charge on any atom is -0.463 e. The predicted molar refractivity (Wildman–Crippen MR) is 74.5 cm³/mol. The molecule has 0 aliphatic rings. The molecular weight excluding hydrogens is 315 g/mol.